The highest BCUT2D eigenvalue weighted by atomic mass is 16.2. The summed E-state index contributed by atoms with van der Waals surface area (Å²) in [6.07, 6.45) is 1.47. The minimum Gasteiger partial charge on any atom is -0.335 e. The van der Waals surface area contributed by atoms with Gasteiger partial charge in [0.2, 0.25) is 5.91 Å². The second-order valence-electron chi connectivity index (χ2n) is 8.71. The van der Waals surface area contributed by atoms with E-state index in [1.165, 1.54) is 6.92 Å². The number of hydrogen-bond donors (Lipinski definition) is 3. The van der Waals surface area contributed by atoms with Crippen LogP contribution in [0.25, 0.3) is 0 Å². The van der Waals surface area contributed by atoms with Crippen molar-refractivity contribution in [3.63, 3.8) is 0 Å². The molecule has 1 heterocycles. The third kappa shape index (κ3) is 6.55. The fraction of sp³-hybridized carbons (Fsp3) is 0.250. The van der Waals surface area contributed by atoms with Gasteiger partial charge in [0.15, 0.2) is 5.78 Å². The van der Waals surface area contributed by atoms with E-state index in [-0.39, 0.29) is 23.8 Å². The lowest BCUT2D eigenvalue weighted by Gasteiger charge is -2.37. The van der Waals surface area contributed by atoms with Crippen molar-refractivity contribution in [2.75, 3.05) is 23.7 Å². The van der Waals surface area contributed by atoms with E-state index in [2.05, 4.69) is 20.9 Å². The van der Waals surface area contributed by atoms with E-state index in [1.54, 1.807) is 24.3 Å². The molecule has 180 valence electrons. The van der Waals surface area contributed by atoms with Gasteiger partial charge in [-0.1, -0.05) is 60.7 Å². The molecule has 0 aromatic heterocycles. The van der Waals surface area contributed by atoms with Crippen molar-refractivity contribution in [1.29, 1.82) is 0 Å². The number of piperidine rings is 1. The number of rotatable bonds is 7. The Labute approximate surface area is 205 Å². The fourth-order valence-corrected chi connectivity index (χ4v) is 4.37. The molecule has 0 saturated carbocycles. The van der Waals surface area contributed by atoms with Crippen LogP contribution in [0.3, 0.4) is 0 Å². The van der Waals surface area contributed by atoms with Gasteiger partial charge < -0.3 is 16.0 Å². The zero-order valence-corrected chi connectivity index (χ0v) is 19.7. The Morgan fingerprint density at radius 2 is 1.43 bits per heavy atom. The van der Waals surface area contributed by atoms with E-state index in [0.717, 1.165) is 24.1 Å². The van der Waals surface area contributed by atoms with Gasteiger partial charge >= 0.3 is 6.03 Å². The summed E-state index contributed by atoms with van der Waals surface area (Å²) in [6.45, 7) is 2.83. The van der Waals surface area contributed by atoms with E-state index in [4.69, 9.17) is 0 Å². The van der Waals surface area contributed by atoms with Gasteiger partial charge in [-0.05, 0) is 49.6 Å². The van der Waals surface area contributed by atoms with Gasteiger partial charge in [0.1, 0.15) is 6.04 Å². The molecular weight excluding hydrogens is 440 g/mol. The molecule has 1 fully saturated rings. The average molecular weight is 471 g/mol. The first kappa shape index (κ1) is 24.2. The lowest BCUT2D eigenvalue weighted by atomic mass is 9.98. The average Bonchev–Trinajstić information content (AvgIpc) is 2.86. The molecule has 0 spiro atoms. The molecular formula is C28H30N4O3. The second kappa shape index (κ2) is 11.4. The van der Waals surface area contributed by atoms with Crippen LogP contribution in [0.5, 0.6) is 0 Å². The number of hydrogen-bond acceptors (Lipinski definition) is 4. The molecule has 3 amide bonds. The van der Waals surface area contributed by atoms with Gasteiger partial charge in [0.25, 0.3) is 0 Å². The number of carbonyl (C=O) groups is 3. The quantitative estimate of drug-likeness (QED) is 0.431. The van der Waals surface area contributed by atoms with E-state index in [9.17, 15) is 14.4 Å². The number of nitrogens with zero attached hydrogens (tertiary/aromatic N) is 1. The number of amides is 3. The van der Waals surface area contributed by atoms with Crippen molar-refractivity contribution < 1.29 is 14.4 Å². The van der Waals surface area contributed by atoms with E-state index in [1.807, 2.05) is 60.7 Å². The Balaban J connectivity index is 1.41. The lowest BCUT2D eigenvalue weighted by molar-refractivity contribution is -0.122. The van der Waals surface area contributed by atoms with Crippen molar-refractivity contribution in [2.45, 2.75) is 31.8 Å². The molecule has 7 nitrogen and oxygen atoms in total. The van der Waals surface area contributed by atoms with E-state index >= 15 is 0 Å². The van der Waals surface area contributed by atoms with Crippen LogP contribution >= 0.6 is 0 Å². The Bertz CT molecular complexity index is 1160. The maximum absolute atomic E-state index is 13.4. The van der Waals surface area contributed by atoms with Crippen LogP contribution in [0.4, 0.5) is 16.2 Å². The number of carbonyl (C=O) groups excluding carboxylic acids is 3. The molecule has 3 aromatic rings. The molecule has 3 aromatic carbocycles. The summed E-state index contributed by atoms with van der Waals surface area (Å²) in [5.74, 6) is -0.197. The number of anilines is 2. The normalized spacial score (nSPS) is 15.1. The van der Waals surface area contributed by atoms with Gasteiger partial charge in [-0.3, -0.25) is 14.5 Å². The van der Waals surface area contributed by atoms with Gasteiger partial charge in [-0.2, -0.15) is 0 Å². The van der Waals surface area contributed by atoms with Crippen LogP contribution in [0, 0.1) is 0 Å². The van der Waals surface area contributed by atoms with Crippen LogP contribution in [-0.4, -0.2) is 41.8 Å². The minimum atomic E-state index is -0.476. The zero-order chi connectivity index (χ0) is 24.6. The fourth-order valence-electron chi connectivity index (χ4n) is 4.37. The molecule has 7 heteroatoms. The number of nitrogens with one attached hydrogen (secondary N) is 3. The number of ketones is 1. The maximum Gasteiger partial charge on any atom is 0.319 e. The number of para-hydroxylation sites is 1. The summed E-state index contributed by atoms with van der Waals surface area (Å²) in [7, 11) is 0. The SMILES string of the molecule is CC(=O)c1cccc(NC(=O)C(c2ccccc2)N2CCC(NC(=O)Nc3ccccc3)CC2)c1. The maximum atomic E-state index is 13.4. The molecule has 1 atom stereocenters. The highest BCUT2D eigenvalue weighted by Gasteiger charge is 2.31. The Kier molecular flexibility index (Phi) is 7.90. The third-order valence-electron chi connectivity index (χ3n) is 6.16. The van der Waals surface area contributed by atoms with Crippen LogP contribution in [0.1, 0.15) is 41.7 Å². The third-order valence-corrected chi connectivity index (χ3v) is 6.16. The Hall–Kier alpha value is -3.97. The molecule has 35 heavy (non-hydrogen) atoms. The summed E-state index contributed by atoms with van der Waals surface area (Å²) < 4.78 is 0. The molecule has 0 aliphatic carbocycles. The molecule has 3 N–H and O–H groups in total. The molecule has 1 unspecified atom stereocenters. The lowest BCUT2D eigenvalue weighted by Crippen LogP contribution is -2.48. The van der Waals surface area contributed by atoms with Gasteiger partial charge in [0.05, 0.1) is 0 Å². The first-order valence-corrected chi connectivity index (χ1v) is 11.8. The Morgan fingerprint density at radius 3 is 2.09 bits per heavy atom. The molecule has 0 radical (unpaired) electrons. The summed E-state index contributed by atoms with van der Waals surface area (Å²) in [4.78, 5) is 39.7. The topological polar surface area (TPSA) is 90.5 Å². The monoisotopic (exact) mass is 470 g/mol. The van der Waals surface area contributed by atoms with Crippen molar-refractivity contribution in [1.82, 2.24) is 10.2 Å². The molecule has 4 rings (SSSR count). The van der Waals surface area contributed by atoms with Crippen molar-refractivity contribution in [2.24, 2.45) is 0 Å². The number of urea groups is 1. The molecule has 0 bridgehead atoms. The number of likely N-dealkylation sites (tertiary alicyclic amines) is 1. The highest BCUT2D eigenvalue weighted by Crippen LogP contribution is 2.27. The Morgan fingerprint density at radius 1 is 0.800 bits per heavy atom. The first-order valence-electron chi connectivity index (χ1n) is 11.8. The molecule has 1 aliphatic rings. The summed E-state index contributed by atoms with van der Waals surface area (Å²) >= 11 is 0. The summed E-state index contributed by atoms with van der Waals surface area (Å²) in [5, 5.41) is 8.89. The van der Waals surface area contributed by atoms with Crippen LogP contribution in [-0.2, 0) is 4.79 Å². The minimum absolute atomic E-state index is 0.0293. The van der Waals surface area contributed by atoms with Crippen LogP contribution in [0.15, 0.2) is 84.9 Å². The molecule has 1 saturated heterocycles. The van der Waals surface area contributed by atoms with E-state index < -0.39 is 6.04 Å². The predicted octanol–water partition coefficient (Wildman–Crippen LogP) is 4.86. The smallest absolute Gasteiger partial charge is 0.319 e. The number of Topliss-reactive ketones (excluding diaryl/α,β-unsaturated/α-hetero) is 1. The van der Waals surface area contributed by atoms with Crippen molar-refractivity contribution in [3.05, 3.63) is 96.1 Å². The van der Waals surface area contributed by atoms with Gasteiger partial charge in [-0.15, -0.1) is 0 Å². The second-order valence-corrected chi connectivity index (χ2v) is 8.71. The molecule has 1 aliphatic heterocycles. The zero-order valence-electron chi connectivity index (χ0n) is 19.7. The van der Waals surface area contributed by atoms with Crippen molar-refractivity contribution >= 4 is 29.1 Å². The van der Waals surface area contributed by atoms with Crippen LogP contribution < -0.4 is 16.0 Å². The van der Waals surface area contributed by atoms with Gasteiger partial charge in [0, 0.05) is 36.1 Å². The van der Waals surface area contributed by atoms with E-state index in [0.29, 0.717) is 24.3 Å². The largest absolute Gasteiger partial charge is 0.335 e. The number of benzene rings is 3. The van der Waals surface area contributed by atoms with Crippen molar-refractivity contribution in [3.8, 4) is 0 Å². The summed E-state index contributed by atoms with van der Waals surface area (Å²) in [6, 6.07) is 25.3. The standard InChI is InChI=1S/C28H30N4O3/c1-20(33)22-11-8-14-25(19-22)29-27(34)26(21-9-4-2-5-10-21)32-17-15-24(16-18-32)31-28(35)30-23-12-6-3-7-13-23/h2-14,19,24,26H,15-18H2,1H3,(H,29,34)(H2,30,31,35). The predicted molar refractivity (Wildman–Crippen MR) is 137 cm³/mol. The first-order chi connectivity index (χ1) is 17.0. The highest BCUT2D eigenvalue weighted by molar-refractivity contribution is 5.98. The summed E-state index contributed by atoms with van der Waals surface area (Å²) in [5.41, 5.74) is 2.80. The van der Waals surface area contributed by atoms with Gasteiger partial charge in [-0.25, -0.2) is 4.79 Å². The van der Waals surface area contributed by atoms with Crippen LogP contribution in [0.2, 0.25) is 0 Å².